The van der Waals surface area contributed by atoms with E-state index in [0.29, 0.717) is 13.0 Å². The van der Waals surface area contributed by atoms with Gasteiger partial charge in [-0.25, -0.2) is 0 Å². The van der Waals surface area contributed by atoms with Crippen LogP contribution >= 0.6 is 0 Å². The molecule has 1 rings (SSSR count). The number of esters is 1. The van der Waals surface area contributed by atoms with Crippen molar-refractivity contribution in [2.45, 2.75) is 218 Å². The van der Waals surface area contributed by atoms with E-state index in [4.69, 9.17) is 18.9 Å². The van der Waals surface area contributed by atoms with Gasteiger partial charge in [-0.05, 0) is 89.9 Å². The zero-order chi connectivity index (χ0) is 45.0. The van der Waals surface area contributed by atoms with Gasteiger partial charge in [0.2, 0.25) is 0 Å². The maximum absolute atomic E-state index is 12.8. The number of aliphatic hydroxyl groups excluding tert-OH is 4. The summed E-state index contributed by atoms with van der Waals surface area (Å²) in [5.41, 5.74) is 0. The number of carbonyl (C=O) groups is 1. The van der Waals surface area contributed by atoms with Crippen molar-refractivity contribution < 1.29 is 44.2 Å². The van der Waals surface area contributed by atoms with Gasteiger partial charge in [-0.3, -0.25) is 4.79 Å². The summed E-state index contributed by atoms with van der Waals surface area (Å²) in [6, 6.07) is 0. The summed E-state index contributed by atoms with van der Waals surface area (Å²) >= 11 is 0. The molecule has 62 heavy (non-hydrogen) atoms. The summed E-state index contributed by atoms with van der Waals surface area (Å²) in [5.74, 6) is -0.348. The van der Waals surface area contributed by atoms with E-state index >= 15 is 0 Å². The molecule has 1 aliphatic rings. The normalized spacial score (nSPS) is 20.5. The number of unbranched alkanes of at least 4 members (excludes halogenated alkanes) is 16. The average molecular weight is 871 g/mol. The molecular formula is C53H90O9. The molecule has 6 unspecified atom stereocenters. The third kappa shape index (κ3) is 33.9. The molecule has 0 aromatic carbocycles. The monoisotopic (exact) mass is 871 g/mol. The molecule has 1 heterocycles. The fourth-order valence-electron chi connectivity index (χ4n) is 6.96. The van der Waals surface area contributed by atoms with E-state index in [2.05, 4.69) is 98.9 Å². The van der Waals surface area contributed by atoms with Gasteiger partial charge in [-0.2, -0.15) is 0 Å². The third-order valence-corrected chi connectivity index (χ3v) is 10.8. The lowest BCUT2D eigenvalue weighted by molar-refractivity contribution is -0.305. The fraction of sp³-hybridized carbons (Fsp3) is 0.717. The van der Waals surface area contributed by atoms with Gasteiger partial charge in [0.15, 0.2) is 6.29 Å². The van der Waals surface area contributed by atoms with E-state index in [9.17, 15) is 25.2 Å². The van der Waals surface area contributed by atoms with Crippen LogP contribution in [0.15, 0.2) is 85.1 Å². The Hall–Kier alpha value is -2.63. The predicted molar refractivity (Wildman–Crippen MR) is 256 cm³/mol. The van der Waals surface area contributed by atoms with Gasteiger partial charge >= 0.3 is 5.97 Å². The Labute approximate surface area is 378 Å². The van der Waals surface area contributed by atoms with E-state index in [0.717, 1.165) is 70.6 Å². The number of hydrogen-bond donors (Lipinski definition) is 4. The van der Waals surface area contributed by atoms with E-state index in [1.807, 2.05) is 0 Å². The first-order valence-electron chi connectivity index (χ1n) is 24.7. The highest BCUT2D eigenvalue weighted by Gasteiger charge is 2.44. The molecule has 0 saturated carbocycles. The topological polar surface area (TPSA) is 135 Å². The van der Waals surface area contributed by atoms with E-state index in [1.165, 1.54) is 83.5 Å². The first kappa shape index (κ1) is 57.4. The molecule has 0 aromatic rings. The SMILES string of the molecule is CC/C=C\C/C=C\C/C=C\C/C=C\C/C=C\CCCCCC(=O)OC(COCCCCCCCCCCCC/C=C\C/C=C\CCCCC)COC1OC(CO)C(O)C(O)C1O. The number of carbonyl (C=O) groups excluding carboxylic acids is 1. The van der Waals surface area contributed by atoms with Crippen molar-refractivity contribution in [1.29, 1.82) is 0 Å². The van der Waals surface area contributed by atoms with Crippen LogP contribution in [0.2, 0.25) is 0 Å². The molecule has 0 radical (unpaired) electrons. The first-order valence-corrected chi connectivity index (χ1v) is 24.7. The van der Waals surface area contributed by atoms with Crippen molar-refractivity contribution in [3.63, 3.8) is 0 Å². The minimum Gasteiger partial charge on any atom is -0.457 e. The molecule has 0 amide bonds. The molecule has 4 N–H and O–H groups in total. The second kappa shape index (κ2) is 43.6. The van der Waals surface area contributed by atoms with Crippen LogP contribution in [0.25, 0.3) is 0 Å². The molecular weight excluding hydrogens is 781 g/mol. The maximum atomic E-state index is 12.8. The van der Waals surface area contributed by atoms with E-state index in [-0.39, 0.29) is 25.6 Å². The van der Waals surface area contributed by atoms with Crippen molar-refractivity contribution in [2.24, 2.45) is 0 Å². The van der Waals surface area contributed by atoms with Gasteiger partial charge in [0, 0.05) is 13.0 Å². The summed E-state index contributed by atoms with van der Waals surface area (Å²) in [5, 5.41) is 40.2. The molecule has 1 saturated heterocycles. The summed E-state index contributed by atoms with van der Waals surface area (Å²) < 4.78 is 22.8. The molecule has 0 spiro atoms. The second-order valence-electron chi connectivity index (χ2n) is 16.5. The van der Waals surface area contributed by atoms with Gasteiger partial charge in [-0.15, -0.1) is 0 Å². The van der Waals surface area contributed by atoms with E-state index in [1.54, 1.807) is 0 Å². The molecule has 0 bridgehead atoms. The number of hydrogen-bond acceptors (Lipinski definition) is 9. The zero-order valence-corrected chi connectivity index (χ0v) is 39.1. The van der Waals surface area contributed by atoms with Crippen molar-refractivity contribution in [3.8, 4) is 0 Å². The van der Waals surface area contributed by atoms with Gasteiger partial charge in [0.1, 0.15) is 30.5 Å². The van der Waals surface area contributed by atoms with Crippen LogP contribution in [-0.4, -0.2) is 89.6 Å². The molecule has 6 atom stereocenters. The lowest BCUT2D eigenvalue weighted by atomic mass is 9.99. The molecule has 9 heteroatoms. The molecule has 356 valence electrons. The van der Waals surface area contributed by atoms with Crippen LogP contribution in [0.3, 0.4) is 0 Å². The molecule has 1 fully saturated rings. The Balaban J connectivity index is 2.26. The summed E-state index contributed by atoms with van der Waals surface area (Å²) in [7, 11) is 0. The highest BCUT2D eigenvalue weighted by Crippen LogP contribution is 2.22. The standard InChI is InChI=1S/C53H90O9/c1-3-5-7-9-11-13-15-17-19-21-23-25-27-29-31-33-35-37-39-41-43-59-45-47(46-60-53-52(58)51(57)50(56)48(44-54)62-53)61-49(55)42-40-38-36-34-32-30-28-26-24-22-20-18-16-14-12-10-8-6-4-2/h6,8,11-14,17-20,24,26,30,32,47-48,50-54,56-58H,3-5,7,9-10,15-16,21-23,25,27-29,31,33-46H2,1-2H3/b8-6-,13-11-,14-12-,19-17-,20-18-,26-24-,32-30-. The van der Waals surface area contributed by atoms with Crippen molar-refractivity contribution in [1.82, 2.24) is 0 Å². The lowest BCUT2D eigenvalue weighted by Crippen LogP contribution is -2.59. The quantitative estimate of drug-likeness (QED) is 0.0269. The van der Waals surface area contributed by atoms with Gasteiger partial charge in [0.25, 0.3) is 0 Å². The van der Waals surface area contributed by atoms with Crippen LogP contribution in [0.4, 0.5) is 0 Å². The lowest BCUT2D eigenvalue weighted by Gasteiger charge is -2.39. The summed E-state index contributed by atoms with van der Waals surface area (Å²) in [6.07, 6.45) is 51.8. The van der Waals surface area contributed by atoms with Gasteiger partial charge < -0.3 is 39.4 Å². The number of rotatable bonds is 41. The van der Waals surface area contributed by atoms with Crippen molar-refractivity contribution >= 4 is 5.97 Å². The molecule has 0 aliphatic carbocycles. The summed E-state index contributed by atoms with van der Waals surface area (Å²) in [6.45, 7) is 4.37. The maximum Gasteiger partial charge on any atom is 0.306 e. The number of allylic oxidation sites excluding steroid dienone is 14. The Morgan fingerprint density at radius 3 is 1.48 bits per heavy atom. The third-order valence-electron chi connectivity index (χ3n) is 10.8. The number of aliphatic hydroxyl groups is 4. The Kier molecular flexibility index (Phi) is 40.4. The van der Waals surface area contributed by atoms with Crippen LogP contribution in [0.5, 0.6) is 0 Å². The van der Waals surface area contributed by atoms with Crippen LogP contribution < -0.4 is 0 Å². The van der Waals surface area contributed by atoms with Crippen LogP contribution in [0.1, 0.15) is 181 Å². The summed E-state index contributed by atoms with van der Waals surface area (Å²) in [4.78, 5) is 12.8. The molecule has 0 aromatic heterocycles. The largest absolute Gasteiger partial charge is 0.457 e. The average Bonchev–Trinajstić information content (AvgIpc) is 3.27. The Bertz CT molecular complexity index is 1220. The minimum absolute atomic E-state index is 0.124. The van der Waals surface area contributed by atoms with Crippen LogP contribution in [-0.2, 0) is 23.7 Å². The highest BCUT2D eigenvalue weighted by molar-refractivity contribution is 5.69. The Morgan fingerprint density at radius 1 is 0.532 bits per heavy atom. The molecule has 9 nitrogen and oxygen atoms in total. The predicted octanol–water partition coefficient (Wildman–Crippen LogP) is 11.8. The minimum atomic E-state index is -1.55. The smallest absolute Gasteiger partial charge is 0.306 e. The number of ether oxygens (including phenoxy) is 4. The van der Waals surface area contributed by atoms with Crippen molar-refractivity contribution in [2.75, 3.05) is 26.4 Å². The second-order valence-corrected chi connectivity index (χ2v) is 16.5. The van der Waals surface area contributed by atoms with Crippen LogP contribution in [0, 0.1) is 0 Å². The Morgan fingerprint density at radius 2 is 0.984 bits per heavy atom. The highest BCUT2D eigenvalue weighted by atomic mass is 16.7. The fourth-order valence-corrected chi connectivity index (χ4v) is 6.96. The van der Waals surface area contributed by atoms with Gasteiger partial charge in [-0.1, -0.05) is 170 Å². The van der Waals surface area contributed by atoms with Gasteiger partial charge in [0.05, 0.1) is 19.8 Å². The molecule has 1 aliphatic heterocycles. The first-order chi connectivity index (χ1) is 30.4. The zero-order valence-electron chi connectivity index (χ0n) is 39.1. The van der Waals surface area contributed by atoms with Crippen molar-refractivity contribution in [3.05, 3.63) is 85.1 Å². The van der Waals surface area contributed by atoms with E-state index < -0.39 is 43.4 Å².